The molecule has 4 rings (SSSR count). The predicted molar refractivity (Wildman–Crippen MR) is 67.1 cm³/mol. The zero-order chi connectivity index (χ0) is 13.7. The first-order chi connectivity index (χ1) is 9.78. The third kappa shape index (κ3) is 1.34. The topological polar surface area (TPSA) is 79.5 Å². The first-order valence-corrected chi connectivity index (χ1v) is 5.97. The summed E-state index contributed by atoms with van der Waals surface area (Å²) < 4.78 is 8.22. The van der Waals surface area contributed by atoms with Crippen molar-refractivity contribution in [3.63, 3.8) is 0 Å². The SMILES string of the molecule is COC([O-])=c1ccc2cn3nc4nccnc4[n+]3c2c1. The maximum absolute atomic E-state index is 11.6. The summed E-state index contributed by atoms with van der Waals surface area (Å²) in [7, 11) is 1.36. The molecule has 0 aliphatic carbocycles. The highest BCUT2D eigenvalue weighted by Gasteiger charge is 2.19. The van der Waals surface area contributed by atoms with Gasteiger partial charge in [-0.15, -0.1) is 9.50 Å². The number of fused-ring (bicyclic) bond motifs is 5. The van der Waals surface area contributed by atoms with Gasteiger partial charge in [0.05, 0.1) is 18.3 Å². The molecule has 0 amide bonds. The van der Waals surface area contributed by atoms with Crippen molar-refractivity contribution in [2.24, 2.45) is 0 Å². The third-order valence-electron chi connectivity index (χ3n) is 3.20. The minimum atomic E-state index is -0.373. The van der Waals surface area contributed by atoms with Crippen LogP contribution in [-0.4, -0.2) is 26.8 Å². The molecule has 0 fully saturated rings. The Kier molecular flexibility index (Phi) is 2.06. The molecule has 0 saturated heterocycles. The molecule has 4 aromatic rings. The fraction of sp³-hybridized carbons (Fsp3) is 0.0769. The molecule has 98 valence electrons. The zero-order valence-electron chi connectivity index (χ0n) is 10.5. The highest BCUT2D eigenvalue weighted by Crippen LogP contribution is 2.10. The number of hydrogen-bond acceptors (Lipinski definition) is 5. The number of rotatable bonds is 1. The number of aromatic nitrogens is 5. The van der Waals surface area contributed by atoms with Gasteiger partial charge in [0.2, 0.25) is 0 Å². The van der Waals surface area contributed by atoms with Crippen molar-refractivity contribution in [2.75, 3.05) is 7.11 Å². The van der Waals surface area contributed by atoms with Gasteiger partial charge in [0.1, 0.15) is 11.7 Å². The van der Waals surface area contributed by atoms with Crippen molar-refractivity contribution >= 4 is 28.1 Å². The lowest BCUT2D eigenvalue weighted by Gasteiger charge is -2.07. The van der Waals surface area contributed by atoms with Gasteiger partial charge in [0, 0.05) is 10.5 Å². The zero-order valence-corrected chi connectivity index (χ0v) is 10.5. The second-order valence-corrected chi connectivity index (χ2v) is 4.33. The molecule has 3 heterocycles. The fourth-order valence-electron chi connectivity index (χ4n) is 2.30. The van der Waals surface area contributed by atoms with Gasteiger partial charge in [0.25, 0.3) is 0 Å². The smallest absolute Gasteiger partial charge is 0.351 e. The van der Waals surface area contributed by atoms with Gasteiger partial charge in [0.15, 0.2) is 0 Å². The quantitative estimate of drug-likeness (QED) is 0.405. The van der Waals surface area contributed by atoms with Crippen LogP contribution in [0.5, 0.6) is 0 Å². The van der Waals surface area contributed by atoms with Crippen LogP contribution in [0.2, 0.25) is 0 Å². The maximum atomic E-state index is 11.6. The maximum Gasteiger partial charge on any atom is 0.351 e. The average Bonchev–Trinajstić information content (AvgIpc) is 3.01. The summed E-state index contributed by atoms with van der Waals surface area (Å²) in [5.74, 6) is -0.373. The van der Waals surface area contributed by atoms with Crippen LogP contribution in [0.25, 0.3) is 28.1 Å². The van der Waals surface area contributed by atoms with E-state index in [2.05, 4.69) is 15.1 Å². The molecular weight excluding hydrogens is 258 g/mol. The molecule has 1 aromatic carbocycles. The van der Waals surface area contributed by atoms with Crippen LogP contribution in [0.4, 0.5) is 0 Å². The molecule has 3 aromatic heterocycles. The molecule has 0 unspecified atom stereocenters. The van der Waals surface area contributed by atoms with Crippen LogP contribution in [0.1, 0.15) is 0 Å². The summed E-state index contributed by atoms with van der Waals surface area (Å²) in [6, 6.07) is 5.34. The molecule has 20 heavy (non-hydrogen) atoms. The molecule has 0 spiro atoms. The fourth-order valence-corrected chi connectivity index (χ4v) is 2.30. The van der Waals surface area contributed by atoms with E-state index in [-0.39, 0.29) is 5.95 Å². The molecule has 0 aliphatic rings. The van der Waals surface area contributed by atoms with Crippen LogP contribution in [0.3, 0.4) is 0 Å². The van der Waals surface area contributed by atoms with Gasteiger partial charge in [-0.3, -0.25) is 0 Å². The Balaban J connectivity index is 2.22. The molecular formula is C13H9N5O2. The van der Waals surface area contributed by atoms with Crippen LogP contribution in [-0.2, 0) is 4.74 Å². The first-order valence-electron chi connectivity index (χ1n) is 5.97. The van der Waals surface area contributed by atoms with Gasteiger partial charge < -0.3 is 9.84 Å². The van der Waals surface area contributed by atoms with Crippen molar-refractivity contribution in [1.82, 2.24) is 19.7 Å². The number of ether oxygens (including phenoxy) is 1. The molecule has 0 bridgehead atoms. The Morgan fingerprint density at radius 1 is 1.30 bits per heavy atom. The lowest BCUT2D eigenvalue weighted by Crippen LogP contribution is -2.27. The van der Waals surface area contributed by atoms with E-state index in [4.69, 9.17) is 4.74 Å². The lowest BCUT2D eigenvalue weighted by molar-refractivity contribution is -0.568. The van der Waals surface area contributed by atoms with E-state index in [0.29, 0.717) is 16.5 Å². The first kappa shape index (κ1) is 10.9. The predicted octanol–water partition coefficient (Wildman–Crippen LogP) is -1.19. The molecule has 0 radical (unpaired) electrons. The molecule has 0 saturated carbocycles. The van der Waals surface area contributed by atoms with Gasteiger partial charge in [-0.2, -0.15) is 0 Å². The summed E-state index contributed by atoms with van der Waals surface area (Å²) in [4.78, 5) is 8.45. The highest BCUT2D eigenvalue weighted by molar-refractivity contribution is 5.77. The van der Waals surface area contributed by atoms with E-state index >= 15 is 0 Å². The van der Waals surface area contributed by atoms with E-state index in [1.165, 1.54) is 7.11 Å². The van der Waals surface area contributed by atoms with Crippen molar-refractivity contribution in [3.05, 3.63) is 42.0 Å². The normalized spacial score (nSPS) is 13.2. The molecule has 7 heteroatoms. The van der Waals surface area contributed by atoms with Gasteiger partial charge in [-0.25, -0.2) is 4.98 Å². The number of benzene rings is 1. The van der Waals surface area contributed by atoms with Crippen molar-refractivity contribution < 1.29 is 14.4 Å². The summed E-state index contributed by atoms with van der Waals surface area (Å²) in [6.45, 7) is 0. The van der Waals surface area contributed by atoms with Gasteiger partial charge in [-0.05, 0) is 24.5 Å². The molecule has 7 nitrogen and oxygen atoms in total. The van der Waals surface area contributed by atoms with Crippen LogP contribution in [0.15, 0.2) is 36.8 Å². The molecule has 0 aliphatic heterocycles. The Bertz CT molecular complexity index is 1010. The van der Waals surface area contributed by atoms with Gasteiger partial charge >= 0.3 is 11.3 Å². The summed E-state index contributed by atoms with van der Waals surface area (Å²) in [5, 5.41) is 17.4. The van der Waals surface area contributed by atoms with Crippen LogP contribution in [0, 0.1) is 0 Å². The van der Waals surface area contributed by atoms with Crippen molar-refractivity contribution in [3.8, 4) is 0 Å². The summed E-state index contributed by atoms with van der Waals surface area (Å²) in [6.07, 6.45) is 5.07. The minimum absolute atomic E-state index is 0.373. The highest BCUT2D eigenvalue weighted by atomic mass is 16.6. The summed E-state index contributed by atoms with van der Waals surface area (Å²) in [5.41, 5.74) is 2.03. The lowest BCUT2D eigenvalue weighted by atomic mass is 10.2. The average molecular weight is 267 g/mol. The van der Waals surface area contributed by atoms with E-state index in [1.54, 1.807) is 29.2 Å². The Morgan fingerprint density at radius 2 is 2.15 bits per heavy atom. The Labute approximate surface area is 112 Å². The van der Waals surface area contributed by atoms with Crippen LogP contribution >= 0.6 is 0 Å². The second kappa shape index (κ2) is 3.77. The van der Waals surface area contributed by atoms with E-state index in [9.17, 15) is 5.11 Å². The van der Waals surface area contributed by atoms with E-state index < -0.39 is 0 Å². The van der Waals surface area contributed by atoms with E-state index in [1.807, 2.05) is 16.8 Å². The third-order valence-corrected chi connectivity index (χ3v) is 3.20. The van der Waals surface area contributed by atoms with E-state index in [0.717, 1.165) is 10.9 Å². The monoisotopic (exact) mass is 267 g/mol. The Hall–Kier alpha value is -2.96. The molecule has 0 atom stereocenters. The van der Waals surface area contributed by atoms with Crippen molar-refractivity contribution in [1.29, 1.82) is 0 Å². The minimum Gasteiger partial charge on any atom is -0.616 e. The number of methoxy groups -OCH3 is 1. The molecule has 0 N–H and O–H groups in total. The number of nitrogens with zero attached hydrogens (tertiary/aromatic N) is 5. The van der Waals surface area contributed by atoms with Crippen molar-refractivity contribution in [2.45, 2.75) is 0 Å². The number of hydrogen-bond donors (Lipinski definition) is 0. The Morgan fingerprint density at radius 3 is 3.00 bits per heavy atom. The summed E-state index contributed by atoms with van der Waals surface area (Å²) >= 11 is 0. The standard InChI is InChI=1S/C13H9N5O2/c1-20-13(19)8-2-3-9-7-17-16-11-12(15-5-4-14-11)18(17)10(9)6-8/h2-7H,1H3. The van der Waals surface area contributed by atoms with Crippen LogP contribution < -0.4 is 14.8 Å². The van der Waals surface area contributed by atoms with Gasteiger partial charge in [-0.1, -0.05) is 10.7 Å². The second-order valence-electron chi connectivity index (χ2n) is 4.33. The largest absolute Gasteiger partial charge is 0.616 e.